The highest BCUT2D eigenvalue weighted by Crippen LogP contribution is 2.39. The molecule has 4 nitrogen and oxygen atoms in total. The average Bonchev–Trinajstić information content (AvgIpc) is 3.03. The van der Waals surface area contributed by atoms with Crippen LogP contribution in [-0.4, -0.2) is 35.2 Å². The van der Waals surface area contributed by atoms with Crippen LogP contribution in [0.4, 0.5) is 10.1 Å². The summed E-state index contributed by atoms with van der Waals surface area (Å²) in [4.78, 5) is 27.6. The van der Waals surface area contributed by atoms with Crippen LogP contribution in [0.25, 0.3) is 0 Å². The minimum atomic E-state index is -0.323. The predicted molar refractivity (Wildman–Crippen MR) is 112 cm³/mol. The van der Waals surface area contributed by atoms with E-state index in [2.05, 4.69) is 24.1 Å². The Kier molecular flexibility index (Phi) is 5.26. The molecule has 0 aliphatic carbocycles. The molecule has 152 valence electrons. The highest BCUT2D eigenvalue weighted by Gasteiger charge is 2.39. The second-order valence-corrected chi connectivity index (χ2v) is 8.78. The first kappa shape index (κ1) is 19.8. The number of ketones is 1. The molecule has 0 bridgehead atoms. The van der Waals surface area contributed by atoms with Gasteiger partial charge in [0.1, 0.15) is 5.82 Å². The minimum Gasteiger partial charge on any atom is -0.325 e. The summed E-state index contributed by atoms with van der Waals surface area (Å²) in [7, 11) is 0. The van der Waals surface area contributed by atoms with Crippen LogP contribution < -0.4 is 5.32 Å². The third-order valence-corrected chi connectivity index (χ3v) is 6.46. The van der Waals surface area contributed by atoms with E-state index in [1.54, 1.807) is 12.1 Å². The van der Waals surface area contributed by atoms with E-state index in [1.807, 2.05) is 24.3 Å². The van der Waals surface area contributed by atoms with Gasteiger partial charge in [-0.3, -0.25) is 14.5 Å². The summed E-state index contributed by atoms with van der Waals surface area (Å²) in [5.41, 5.74) is 2.43. The lowest BCUT2D eigenvalue weighted by molar-refractivity contribution is -0.117. The van der Waals surface area contributed by atoms with Gasteiger partial charge in [-0.25, -0.2) is 4.39 Å². The number of hydrogen-bond acceptors (Lipinski definition) is 3. The standard InChI is InChI=1S/C24H27FN2O2/c1-24(2,15-20-19-5-3-4-6-21(19)26-23(20)29)27-13-11-17(12-14-27)22(28)16-7-9-18(25)10-8-16/h3-10,17,20H,11-15H2,1-2H3,(H,26,29). The van der Waals surface area contributed by atoms with Crippen molar-refractivity contribution in [3.05, 3.63) is 65.5 Å². The zero-order valence-electron chi connectivity index (χ0n) is 17.0. The third-order valence-electron chi connectivity index (χ3n) is 6.46. The van der Waals surface area contributed by atoms with Crippen LogP contribution in [0.2, 0.25) is 0 Å². The summed E-state index contributed by atoms with van der Waals surface area (Å²) in [6.07, 6.45) is 2.31. The Morgan fingerprint density at radius 1 is 1.10 bits per heavy atom. The summed E-state index contributed by atoms with van der Waals surface area (Å²) in [5, 5.41) is 2.99. The lowest BCUT2D eigenvalue weighted by Crippen LogP contribution is -2.50. The maximum absolute atomic E-state index is 13.1. The molecule has 0 saturated carbocycles. The lowest BCUT2D eigenvalue weighted by atomic mass is 9.82. The van der Waals surface area contributed by atoms with Gasteiger partial charge < -0.3 is 5.32 Å². The van der Waals surface area contributed by atoms with E-state index < -0.39 is 0 Å². The number of Topliss-reactive ketones (excluding diaryl/α,β-unsaturated/α-hetero) is 1. The highest BCUT2D eigenvalue weighted by molar-refractivity contribution is 6.02. The van der Waals surface area contributed by atoms with Crippen LogP contribution in [0.15, 0.2) is 48.5 Å². The molecule has 4 rings (SSSR count). The van der Waals surface area contributed by atoms with E-state index in [4.69, 9.17) is 0 Å². The molecule has 29 heavy (non-hydrogen) atoms. The molecule has 1 fully saturated rings. The number of nitrogens with one attached hydrogen (secondary N) is 1. The lowest BCUT2D eigenvalue weighted by Gasteiger charge is -2.43. The van der Waals surface area contributed by atoms with Crippen molar-refractivity contribution >= 4 is 17.4 Å². The molecular formula is C24H27FN2O2. The first-order valence-corrected chi connectivity index (χ1v) is 10.3. The Balaban J connectivity index is 1.39. The number of benzene rings is 2. The van der Waals surface area contributed by atoms with Crippen LogP contribution in [0.1, 0.15) is 54.9 Å². The zero-order valence-corrected chi connectivity index (χ0v) is 17.0. The molecule has 1 unspecified atom stereocenters. The summed E-state index contributed by atoms with van der Waals surface area (Å²) in [5.74, 6) is -0.314. The normalized spacial score (nSPS) is 20.4. The Hall–Kier alpha value is -2.53. The van der Waals surface area contributed by atoms with Gasteiger partial charge in [0.15, 0.2) is 5.78 Å². The number of nitrogens with zero attached hydrogens (tertiary/aromatic N) is 1. The number of rotatable bonds is 5. The molecule has 1 N–H and O–H groups in total. The molecule has 2 aliphatic heterocycles. The molecule has 1 amide bonds. The van der Waals surface area contributed by atoms with Gasteiger partial charge in [0.05, 0.1) is 5.92 Å². The average molecular weight is 394 g/mol. The number of halogens is 1. The molecule has 2 aliphatic rings. The van der Waals surface area contributed by atoms with Gasteiger partial charge in [-0.15, -0.1) is 0 Å². The van der Waals surface area contributed by atoms with Crippen LogP contribution in [0, 0.1) is 11.7 Å². The maximum Gasteiger partial charge on any atom is 0.232 e. The fourth-order valence-corrected chi connectivity index (χ4v) is 4.70. The van der Waals surface area contributed by atoms with Crippen molar-refractivity contribution < 1.29 is 14.0 Å². The molecule has 0 aromatic heterocycles. The highest BCUT2D eigenvalue weighted by atomic mass is 19.1. The van der Waals surface area contributed by atoms with Gasteiger partial charge in [0.25, 0.3) is 0 Å². The van der Waals surface area contributed by atoms with Crippen LogP contribution in [0.5, 0.6) is 0 Å². The van der Waals surface area contributed by atoms with Crippen LogP contribution >= 0.6 is 0 Å². The van der Waals surface area contributed by atoms with E-state index in [0.717, 1.165) is 43.6 Å². The van der Waals surface area contributed by atoms with E-state index in [0.29, 0.717) is 5.56 Å². The quantitative estimate of drug-likeness (QED) is 0.753. The minimum absolute atomic E-state index is 0.0250. The Morgan fingerprint density at radius 2 is 1.76 bits per heavy atom. The van der Waals surface area contributed by atoms with Gasteiger partial charge >= 0.3 is 0 Å². The van der Waals surface area contributed by atoms with Gasteiger partial charge in [0, 0.05) is 22.7 Å². The largest absolute Gasteiger partial charge is 0.325 e. The van der Waals surface area contributed by atoms with Crippen molar-refractivity contribution in [1.29, 1.82) is 0 Å². The van der Waals surface area contributed by atoms with Gasteiger partial charge in [-0.2, -0.15) is 0 Å². The number of amides is 1. The number of fused-ring (bicyclic) bond motifs is 1. The fraction of sp³-hybridized carbons (Fsp3) is 0.417. The number of carbonyl (C=O) groups is 2. The number of para-hydroxylation sites is 1. The molecule has 2 heterocycles. The van der Waals surface area contributed by atoms with Crippen molar-refractivity contribution in [2.24, 2.45) is 5.92 Å². The molecule has 1 saturated heterocycles. The van der Waals surface area contributed by atoms with Gasteiger partial charge in [0.2, 0.25) is 5.91 Å². The van der Waals surface area contributed by atoms with E-state index >= 15 is 0 Å². The fourth-order valence-electron chi connectivity index (χ4n) is 4.70. The summed E-state index contributed by atoms with van der Waals surface area (Å²) < 4.78 is 13.1. The Bertz CT molecular complexity index is 915. The molecule has 2 aromatic carbocycles. The van der Waals surface area contributed by atoms with Crippen molar-refractivity contribution in [2.75, 3.05) is 18.4 Å². The van der Waals surface area contributed by atoms with E-state index in [9.17, 15) is 14.0 Å². The van der Waals surface area contributed by atoms with E-state index in [-0.39, 0.29) is 34.9 Å². The molecule has 0 spiro atoms. The number of hydrogen-bond donors (Lipinski definition) is 1. The second-order valence-electron chi connectivity index (χ2n) is 8.78. The molecule has 2 aromatic rings. The Labute approximate surface area is 171 Å². The molecule has 5 heteroatoms. The number of carbonyl (C=O) groups excluding carboxylic acids is 2. The monoisotopic (exact) mass is 394 g/mol. The second kappa shape index (κ2) is 7.71. The van der Waals surface area contributed by atoms with Gasteiger partial charge in [-0.05, 0) is 82.1 Å². The van der Waals surface area contributed by atoms with Crippen molar-refractivity contribution in [1.82, 2.24) is 4.90 Å². The van der Waals surface area contributed by atoms with Crippen LogP contribution in [0.3, 0.4) is 0 Å². The smallest absolute Gasteiger partial charge is 0.232 e. The van der Waals surface area contributed by atoms with Crippen LogP contribution in [-0.2, 0) is 4.79 Å². The molecule has 1 atom stereocenters. The van der Waals surface area contributed by atoms with E-state index in [1.165, 1.54) is 12.1 Å². The Morgan fingerprint density at radius 3 is 2.45 bits per heavy atom. The van der Waals surface area contributed by atoms with Crippen molar-refractivity contribution in [3.8, 4) is 0 Å². The summed E-state index contributed by atoms with van der Waals surface area (Å²) >= 11 is 0. The van der Waals surface area contributed by atoms with Crippen molar-refractivity contribution in [2.45, 2.75) is 44.6 Å². The first-order valence-electron chi connectivity index (χ1n) is 10.3. The SMILES string of the molecule is CC(C)(CC1C(=O)Nc2ccccc21)N1CCC(C(=O)c2ccc(F)cc2)CC1. The first-order chi connectivity index (χ1) is 13.8. The summed E-state index contributed by atoms with van der Waals surface area (Å²) in [6.45, 7) is 6.01. The molecule has 0 radical (unpaired) electrons. The number of piperidine rings is 1. The summed E-state index contributed by atoms with van der Waals surface area (Å²) in [6, 6.07) is 13.7. The molecular weight excluding hydrogens is 367 g/mol. The number of likely N-dealkylation sites (tertiary alicyclic amines) is 1. The number of anilines is 1. The van der Waals surface area contributed by atoms with Gasteiger partial charge in [-0.1, -0.05) is 18.2 Å². The van der Waals surface area contributed by atoms with Crippen molar-refractivity contribution in [3.63, 3.8) is 0 Å². The zero-order chi connectivity index (χ0) is 20.6. The third kappa shape index (κ3) is 3.97. The maximum atomic E-state index is 13.1. The predicted octanol–water partition coefficient (Wildman–Crippen LogP) is 4.63. The topological polar surface area (TPSA) is 49.4 Å².